The molecule has 0 aromatic heterocycles. The van der Waals surface area contributed by atoms with E-state index < -0.39 is 66.4 Å². The summed E-state index contributed by atoms with van der Waals surface area (Å²) in [4.78, 5) is 57.2. The lowest BCUT2D eigenvalue weighted by Gasteiger charge is -2.24. The summed E-state index contributed by atoms with van der Waals surface area (Å²) in [6.07, 6.45) is -2.14. The van der Waals surface area contributed by atoms with Crippen molar-refractivity contribution in [1.82, 2.24) is 16.0 Å². The smallest absolute Gasteiger partial charge is 0.326 e. The van der Waals surface area contributed by atoms with Gasteiger partial charge in [-0.05, 0) is 20.8 Å². The Bertz CT molecular complexity index is 563. The molecule has 0 radical (unpaired) electrons. The van der Waals surface area contributed by atoms with Crippen molar-refractivity contribution in [2.45, 2.75) is 57.5 Å². The molecule has 12 heteroatoms. The van der Waals surface area contributed by atoms with Gasteiger partial charge in [-0.3, -0.25) is 19.2 Å². The summed E-state index contributed by atoms with van der Waals surface area (Å²) in [5.41, 5.74) is 5.36. The Kier molecular flexibility index (Phi) is 9.22. The van der Waals surface area contributed by atoms with Crippen LogP contribution in [0.1, 0.15) is 27.2 Å². The van der Waals surface area contributed by atoms with Crippen molar-refractivity contribution in [3.05, 3.63) is 0 Å². The van der Waals surface area contributed by atoms with Crippen molar-refractivity contribution in [2.24, 2.45) is 5.73 Å². The van der Waals surface area contributed by atoms with Crippen molar-refractivity contribution in [1.29, 1.82) is 0 Å². The number of amides is 3. The first-order chi connectivity index (χ1) is 11.9. The fourth-order valence-corrected chi connectivity index (χ4v) is 1.73. The topological polar surface area (TPSA) is 208 Å². The molecule has 0 rings (SSSR count). The summed E-state index contributed by atoms with van der Waals surface area (Å²) >= 11 is 0. The van der Waals surface area contributed by atoms with E-state index in [1.165, 1.54) is 20.8 Å². The molecule has 0 heterocycles. The number of carboxylic acids is 2. The van der Waals surface area contributed by atoms with Crippen LogP contribution in [0.3, 0.4) is 0 Å². The molecule has 3 amide bonds. The standard InChI is InChI=1S/C14H24N4O8/c1-5(15)11(22)18-10(7(3)19)13(24)16-6(2)12(23)17-8(14(25)26)4-9(20)21/h5-8,10,19H,4,15H2,1-3H3,(H,16,24)(H,17,23)(H,18,22)(H,20,21)(H,25,26). The van der Waals surface area contributed by atoms with Crippen LogP contribution >= 0.6 is 0 Å². The Morgan fingerprint density at radius 1 is 0.885 bits per heavy atom. The van der Waals surface area contributed by atoms with Crippen molar-refractivity contribution >= 4 is 29.7 Å². The monoisotopic (exact) mass is 376 g/mol. The fraction of sp³-hybridized carbons (Fsp3) is 0.643. The van der Waals surface area contributed by atoms with E-state index in [0.717, 1.165) is 0 Å². The minimum Gasteiger partial charge on any atom is -0.481 e. The van der Waals surface area contributed by atoms with E-state index in [4.69, 9.17) is 15.9 Å². The van der Waals surface area contributed by atoms with E-state index >= 15 is 0 Å². The quantitative estimate of drug-likeness (QED) is 0.204. The first-order valence-electron chi connectivity index (χ1n) is 7.66. The van der Waals surface area contributed by atoms with Crippen molar-refractivity contribution < 1.29 is 39.3 Å². The van der Waals surface area contributed by atoms with Gasteiger partial charge in [-0.15, -0.1) is 0 Å². The van der Waals surface area contributed by atoms with E-state index in [1.54, 1.807) is 0 Å². The molecular weight excluding hydrogens is 352 g/mol. The zero-order chi connectivity index (χ0) is 20.6. The molecule has 0 aliphatic carbocycles. The molecule has 8 N–H and O–H groups in total. The lowest BCUT2D eigenvalue weighted by atomic mass is 10.1. The number of carbonyl (C=O) groups is 5. The van der Waals surface area contributed by atoms with Gasteiger partial charge in [0.2, 0.25) is 17.7 Å². The van der Waals surface area contributed by atoms with Gasteiger partial charge >= 0.3 is 11.9 Å². The second kappa shape index (κ2) is 10.3. The maximum atomic E-state index is 12.1. The average molecular weight is 376 g/mol. The Morgan fingerprint density at radius 3 is 1.81 bits per heavy atom. The van der Waals surface area contributed by atoms with Crippen LogP contribution in [0.2, 0.25) is 0 Å². The number of hydrogen-bond acceptors (Lipinski definition) is 7. The first-order valence-corrected chi connectivity index (χ1v) is 7.66. The van der Waals surface area contributed by atoms with Crippen LogP contribution in [0.15, 0.2) is 0 Å². The van der Waals surface area contributed by atoms with E-state index in [1.807, 2.05) is 5.32 Å². The van der Waals surface area contributed by atoms with Crippen LogP contribution in [-0.4, -0.2) is 75.3 Å². The van der Waals surface area contributed by atoms with Gasteiger partial charge in [0.25, 0.3) is 0 Å². The predicted molar refractivity (Wildman–Crippen MR) is 86.7 cm³/mol. The van der Waals surface area contributed by atoms with Crippen LogP contribution in [0, 0.1) is 0 Å². The molecule has 0 aromatic carbocycles. The number of carbonyl (C=O) groups excluding carboxylic acids is 3. The summed E-state index contributed by atoms with van der Waals surface area (Å²) in [6, 6.07) is -5.26. The molecule has 0 spiro atoms. The molecule has 0 aromatic rings. The molecule has 148 valence electrons. The van der Waals surface area contributed by atoms with Crippen LogP contribution in [0.25, 0.3) is 0 Å². The van der Waals surface area contributed by atoms with Gasteiger partial charge in [-0.1, -0.05) is 0 Å². The minimum atomic E-state index is -1.68. The third-order valence-corrected chi connectivity index (χ3v) is 3.22. The second-order valence-corrected chi connectivity index (χ2v) is 5.74. The van der Waals surface area contributed by atoms with Crippen LogP contribution in [0.4, 0.5) is 0 Å². The zero-order valence-corrected chi connectivity index (χ0v) is 14.6. The van der Waals surface area contributed by atoms with E-state index in [-0.39, 0.29) is 0 Å². The molecule has 5 unspecified atom stereocenters. The molecule has 0 aliphatic rings. The summed E-state index contributed by atoms with van der Waals surface area (Å²) < 4.78 is 0. The number of nitrogens with one attached hydrogen (secondary N) is 3. The summed E-state index contributed by atoms with van der Waals surface area (Å²) in [7, 11) is 0. The number of aliphatic hydroxyl groups is 1. The molecule has 26 heavy (non-hydrogen) atoms. The highest BCUT2D eigenvalue weighted by Gasteiger charge is 2.30. The Morgan fingerprint density at radius 2 is 1.42 bits per heavy atom. The molecule has 12 nitrogen and oxygen atoms in total. The van der Waals surface area contributed by atoms with E-state index in [2.05, 4.69) is 10.6 Å². The zero-order valence-electron chi connectivity index (χ0n) is 14.6. The molecule has 0 saturated carbocycles. The normalized spacial score (nSPS) is 16.3. The van der Waals surface area contributed by atoms with Gasteiger partial charge in [0.1, 0.15) is 18.1 Å². The molecule has 0 bridgehead atoms. The third kappa shape index (κ3) is 7.90. The average Bonchev–Trinajstić information content (AvgIpc) is 2.50. The second-order valence-electron chi connectivity index (χ2n) is 5.74. The predicted octanol–water partition coefficient (Wildman–Crippen LogP) is -3.25. The van der Waals surface area contributed by atoms with Crippen molar-refractivity contribution in [2.75, 3.05) is 0 Å². The lowest BCUT2D eigenvalue weighted by molar-refractivity contribution is -0.147. The fourth-order valence-electron chi connectivity index (χ4n) is 1.73. The number of aliphatic carboxylic acids is 2. The van der Waals surface area contributed by atoms with Gasteiger partial charge in [-0.25, -0.2) is 4.79 Å². The number of carboxylic acid groups (broad SMARTS) is 2. The highest BCUT2D eigenvalue weighted by Crippen LogP contribution is 1.98. The summed E-state index contributed by atoms with van der Waals surface area (Å²) in [6.45, 7) is 3.83. The van der Waals surface area contributed by atoms with Crippen LogP contribution < -0.4 is 21.7 Å². The molecule has 0 saturated heterocycles. The Balaban J connectivity index is 4.93. The van der Waals surface area contributed by atoms with Gasteiger partial charge in [0.05, 0.1) is 18.6 Å². The SMILES string of the molecule is CC(N)C(=O)NC(C(=O)NC(C)C(=O)NC(CC(=O)O)C(=O)O)C(C)O. The number of hydrogen-bond donors (Lipinski definition) is 7. The highest BCUT2D eigenvalue weighted by atomic mass is 16.4. The Labute approximate surface area is 149 Å². The van der Waals surface area contributed by atoms with Gasteiger partial charge in [0, 0.05) is 0 Å². The first kappa shape index (κ1) is 23.3. The molecular formula is C14H24N4O8. The molecule has 0 fully saturated rings. The van der Waals surface area contributed by atoms with Crippen molar-refractivity contribution in [3.63, 3.8) is 0 Å². The van der Waals surface area contributed by atoms with Gasteiger partial charge < -0.3 is 37.0 Å². The number of rotatable bonds is 10. The van der Waals surface area contributed by atoms with E-state index in [9.17, 15) is 29.1 Å². The number of aliphatic hydroxyl groups excluding tert-OH is 1. The minimum absolute atomic E-state index is 0.699. The third-order valence-electron chi connectivity index (χ3n) is 3.22. The maximum Gasteiger partial charge on any atom is 0.326 e. The van der Waals surface area contributed by atoms with Crippen molar-refractivity contribution in [3.8, 4) is 0 Å². The van der Waals surface area contributed by atoms with Gasteiger partial charge in [-0.2, -0.15) is 0 Å². The van der Waals surface area contributed by atoms with Gasteiger partial charge in [0.15, 0.2) is 0 Å². The highest BCUT2D eigenvalue weighted by molar-refractivity contribution is 5.94. The summed E-state index contributed by atoms with van der Waals surface area (Å²) in [5.74, 6) is -5.53. The van der Waals surface area contributed by atoms with Crippen LogP contribution in [-0.2, 0) is 24.0 Å². The lowest BCUT2D eigenvalue weighted by Crippen LogP contribution is -2.59. The van der Waals surface area contributed by atoms with Crippen LogP contribution in [0.5, 0.6) is 0 Å². The summed E-state index contributed by atoms with van der Waals surface area (Å²) in [5, 5.41) is 33.5. The Hall–Kier alpha value is -2.73. The largest absolute Gasteiger partial charge is 0.481 e. The number of nitrogens with two attached hydrogens (primary N) is 1. The van der Waals surface area contributed by atoms with E-state index in [0.29, 0.717) is 0 Å². The molecule has 0 aliphatic heterocycles. The maximum absolute atomic E-state index is 12.1. The molecule has 5 atom stereocenters.